The molecular weight excluding hydrogens is 441 g/mol. The van der Waals surface area contributed by atoms with Gasteiger partial charge in [0.2, 0.25) is 0 Å². The molecule has 4 aliphatic carbocycles. The lowest BCUT2D eigenvalue weighted by molar-refractivity contribution is 0.928. The summed E-state index contributed by atoms with van der Waals surface area (Å²) < 4.78 is 0. The van der Waals surface area contributed by atoms with Gasteiger partial charge in [0, 0.05) is 17.2 Å². The summed E-state index contributed by atoms with van der Waals surface area (Å²) in [5.74, 6) is 0. The zero-order valence-electron chi connectivity index (χ0n) is 20.2. The third kappa shape index (κ3) is 4.66. The second kappa shape index (κ2) is 9.76. The van der Waals surface area contributed by atoms with Crippen molar-refractivity contribution in [3.8, 4) is 0 Å². The standard InChI is InChI=1S/C33H30NP/c1-24-22-29(23-35(30-8-4-2-5-9-30)31-10-6-3-7-11-31)34-33-28-19-17-26-14-12-25(13-15-26)16-18-27(20-21-28)32(24)33/h2-15,20-22H,16-19,23H2,1H3. The van der Waals surface area contributed by atoms with E-state index in [1.807, 2.05) is 0 Å². The molecular formula is C33H30NP. The van der Waals surface area contributed by atoms with Gasteiger partial charge in [-0.2, -0.15) is 0 Å². The Balaban J connectivity index is 1.44. The molecule has 0 spiro atoms. The van der Waals surface area contributed by atoms with Gasteiger partial charge in [0.05, 0.1) is 5.52 Å². The highest BCUT2D eigenvalue weighted by atomic mass is 31.1. The average molecular weight is 472 g/mol. The van der Waals surface area contributed by atoms with Crippen LogP contribution in [0.15, 0.2) is 103 Å². The molecule has 172 valence electrons. The van der Waals surface area contributed by atoms with E-state index in [1.165, 1.54) is 55.0 Å². The summed E-state index contributed by atoms with van der Waals surface area (Å²) in [6.45, 7) is 2.29. The summed E-state index contributed by atoms with van der Waals surface area (Å²) in [5, 5.41) is 4.20. The molecule has 1 aromatic heterocycles. The number of benzene rings is 4. The second-order valence-electron chi connectivity index (χ2n) is 9.61. The first-order chi connectivity index (χ1) is 17.2. The van der Waals surface area contributed by atoms with Crippen LogP contribution in [0.25, 0.3) is 10.9 Å². The molecule has 1 heterocycles. The van der Waals surface area contributed by atoms with Crippen molar-refractivity contribution in [2.75, 3.05) is 0 Å². The molecule has 0 unspecified atom stereocenters. The number of hydrogen-bond donors (Lipinski definition) is 0. The summed E-state index contributed by atoms with van der Waals surface area (Å²) in [6, 6.07) is 38.3. The molecule has 4 aromatic carbocycles. The first-order valence-corrected chi connectivity index (χ1v) is 14.1. The third-order valence-electron chi connectivity index (χ3n) is 7.23. The summed E-state index contributed by atoms with van der Waals surface area (Å²) in [6.07, 6.45) is 5.17. The maximum absolute atomic E-state index is 5.39. The first kappa shape index (κ1) is 22.2. The number of hydrogen-bond acceptors (Lipinski definition) is 1. The van der Waals surface area contributed by atoms with E-state index in [0.717, 1.165) is 31.8 Å². The number of pyridine rings is 1. The molecule has 0 fully saturated rings. The Kier molecular flexibility index (Phi) is 6.19. The summed E-state index contributed by atoms with van der Waals surface area (Å²) in [7, 11) is -0.516. The van der Waals surface area contributed by atoms with Crippen LogP contribution in [0.4, 0.5) is 0 Å². The topological polar surface area (TPSA) is 12.9 Å². The fourth-order valence-corrected chi connectivity index (χ4v) is 7.59. The fraction of sp³-hybridized carbons (Fsp3) is 0.182. The quantitative estimate of drug-likeness (QED) is 0.256. The fourth-order valence-electron chi connectivity index (χ4n) is 5.37. The number of nitrogens with zero attached hydrogens (tertiary/aromatic N) is 1. The Morgan fingerprint density at radius 2 is 1.17 bits per heavy atom. The monoisotopic (exact) mass is 471 g/mol. The lowest BCUT2D eigenvalue weighted by atomic mass is 9.91. The molecule has 0 amide bonds. The molecule has 0 saturated heterocycles. The number of aryl methyl sites for hydroxylation is 5. The third-order valence-corrected chi connectivity index (χ3v) is 9.71. The van der Waals surface area contributed by atoms with Crippen molar-refractivity contribution in [1.29, 1.82) is 0 Å². The van der Waals surface area contributed by atoms with E-state index in [-0.39, 0.29) is 0 Å². The Labute approximate surface area is 209 Å². The average Bonchev–Trinajstić information content (AvgIpc) is 2.90. The predicted molar refractivity (Wildman–Crippen MR) is 151 cm³/mol. The van der Waals surface area contributed by atoms with Crippen LogP contribution in [0, 0.1) is 6.92 Å². The molecule has 0 radical (unpaired) electrons. The first-order valence-electron chi connectivity index (χ1n) is 12.6. The highest BCUT2D eigenvalue weighted by Crippen LogP contribution is 2.38. The van der Waals surface area contributed by atoms with Crippen LogP contribution in [0.5, 0.6) is 0 Å². The smallest absolute Gasteiger partial charge is 0.0742 e. The van der Waals surface area contributed by atoms with Crippen molar-refractivity contribution in [1.82, 2.24) is 4.98 Å². The summed E-state index contributed by atoms with van der Waals surface area (Å²) in [5.41, 5.74) is 9.44. The van der Waals surface area contributed by atoms with Gasteiger partial charge in [0.1, 0.15) is 0 Å². The SMILES string of the molecule is Cc1cc(CP(c2ccccc2)c2ccccc2)nc2c3ccc(c12)CCc1ccc(cc1)CC3. The lowest BCUT2D eigenvalue weighted by Crippen LogP contribution is -2.13. The Bertz CT molecular complexity index is 1420. The number of rotatable bonds is 4. The Morgan fingerprint density at radius 1 is 0.629 bits per heavy atom. The Morgan fingerprint density at radius 3 is 1.77 bits per heavy atom. The second-order valence-corrected chi connectivity index (χ2v) is 11.8. The van der Waals surface area contributed by atoms with Gasteiger partial charge >= 0.3 is 0 Å². The van der Waals surface area contributed by atoms with Gasteiger partial charge in [-0.1, -0.05) is 97.1 Å². The number of aromatic nitrogens is 1. The van der Waals surface area contributed by atoms with Crippen LogP contribution < -0.4 is 10.6 Å². The van der Waals surface area contributed by atoms with Crippen LogP contribution in [-0.4, -0.2) is 4.98 Å². The minimum atomic E-state index is -0.516. The highest BCUT2D eigenvalue weighted by molar-refractivity contribution is 7.72. The van der Waals surface area contributed by atoms with Crippen LogP contribution in [-0.2, 0) is 31.8 Å². The van der Waals surface area contributed by atoms with Crippen molar-refractivity contribution < 1.29 is 0 Å². The van der Waals surface area contributed by atoms with Crippen LogP contribution in [0.1, 0.15) is 33.5 Å². The van der Waals surface area contributed by atoms with Crippen molar-refractivity contribution in [3.05, 3.63) is 137 Å². The zero-order chi connectivity index (χ0) is 23.6. The van der Waals surface area contributed by atoms with Gasteiger partial charge in [0.25, 0.3) is 0 Å². The minimum Gasteiger partial charge on any atom is -0.252 e. The van der Waals surface area contributed by atoms with E-state index in [4.69, 9.17) is 4.98 Å². The molecule has 0 aliphatic heterocycles. The van der Waals surface area contributed by atoms with Crippen LogP contribution >= 0.6 is 7.92 Å². The largest absolute Gasteiger partial charge is 0.252 e. The van der Waals surface area contributed by atoms with E-state index in [2.05, 4.69) is 110 Å². The summed E-state index contributed by atoms with van der Waals surface area (Å²) in [4.78, 5) is 5.39. The van der Waals surface area contributed by atoms with E-state index in [0.29, 0.717) is 0 Å². The van der Waals surface area contributed by atoms with Gasteiger partial charge in [0.15, 0.2) is 0 Å². The van der Waals surface area contributed by atoms with Crippen molar-refractivity contribution in [2.24, 2.45) is 0 Å². The molecule has 4 bridgehead atoms. The van der Waals surface area contributed by atoms with E-state index >= 15 is 0 Å². The van der Waals surface area contributed by atoms with Crippen LogP contribution in [0.2, 0.25) is 0 Å². The molecule has 5 aromatic rings. The molecule has 2 heteroatoms. The van der Waals surface area contributed by atoms with E-state index in [9.17, 15) is 0 Å². The lowest BCUT2D eigenvalue weighted by Gasteiger charge is -2.20. The maximum Gasteiger partial charge on any atom is 0.0742 e. The Hall–Kier alpha value is -3.28. The normalized spacial score (nSPS) is 13.2. The highest BCUT2D eigenvalue weighted by Gasteiger charge is 2.18. The van der Waals surface area contributed by atoms with Gasteiger partial charge in [-0.05, 0) is 85.0 Å². The predicted octanol–water partition coefficient (Wildman–Crippen LogP) is 7.06. The van der Waals surface area contributed by atoms with Crippen molar-refractivity contribution in [3.63, 3.8) is 0 Å². The summed E-state index contributed by atoms with van der Waals surface area (Å²) >= 11 is 0. The molecule has 9 rings (SSSR count). The van der Waals surface area contributed by atoms with E-state index in [1.54, 1.807) is 0 Å². The molecule has 0 N–H and O–H groups in total. The molecule has 35 heavy (non-hydrogen) atoms. The van der Waals surface area contributed by atoms with Crippen molar-refractivity contribution >= 4 is 29.4 Å². The minimum absolute atomic E-state index is 0.516. The van der Waals surface area contributed by atoms with E-state index < -0.39 is 7.92 Å². The molecule has 0 atom stereocenters. The van der Waals surface area contributed by atoms with Gasteiger partial charge in [-0.3, -0.25) is 4.98 Å². The van der Waals surface area contributed by atoms with Gasteiger partial charge in [-0.15, -0.1) is 0 Å². The van der Waals surface area contributed by atoms with Crippen molar-refractivity contribution in [2.45, 2.75) is 38.8 Å². The molecule has 0 saturated carbocycles. The van der Waals surface area contributed by atoms with Gasteiger partial charge in [-0.25, -0.2) is 0 Å². The molecule has 4 aliphatic rings. The maximum atomic E-state index is 5.39. The molecule has 1 nitrogen and oxygen atoms in total. The van der Waals surface area contributed by atoms with Crippen LogP contribution in [0.3, 0.4) is 0 Å². The van der Waals surface area contributed by atoms with Gasteiger partial charge < -0.3 is 0 Å². The zero-order valence-corrected chi connectivity index (χ0v) is 21.1.